The van der Waals surface area contributed by atoms with Crippen molar-refractivity contribution in [2.45, 2.75) is 20.3 Å². The van der Waals surface area contributed by atoms with Crippen molar-refractivity contribution in [2.75, 3.05) is 5.73 Å². The molecule has 0 spiro atoms. The molecule has 0 aliphatic heterocycles. The highest BCUT2D eigenvalue weighted by Crippen LogP contribution is 2.12. The van der Waals surface area contributed by atoms with Crippen LogP contribution < -0.4 is 5.73 Å². The maximum atomic E-state index is 5.36. The Kier molecular flexibility index (Phi) is 9.68. The summed E-state index contributed by atoms with van der Waals surface area (Å²) in [5, 5.41) is 0. The molecule has 0 atom stereocenters. The lowest BCUT2D eigenvalue weighted by Gasteiger charge is -2.03. The number of nitrogens with two attached hydrogens (primary N) is 1. The Bertz CT molecular complexity index is 961. The molecule has 4 aromatic rings. The Labute approximate surface area is 181 Å². The van der Waals surface area contributed by atoms with Crippen molar-refractivity contribution in [3.8, 4) is 0 Å². The number of benzene rings is 4. The first-order valence-corrected chi connectivity index (χ1v) is 10.2. The highest BCUT2D eigenvalue weighted by atomic mass is 14.5. The molecule has 2 N–H and O–H groups in total. The summed E-state index contributed by atoms with van der Waals surface area (Å²) in [4.78, 5) is 0. The SMILES string of the molecule is C=Cc1ccccc1.Cc1cccc(Cc2cccc(C)c2)c1.Nc1ccccc1. The van der Waals surface area contributed by atoms with Gasteiger partial charge < -0.3 is 5.73 Å². The minimum atomic E-state index is 0.822. The molecule has 0 bridgehead atoms. The van der Waals surface area contributed by atoms with E-state index in [1.807, 2.05) is 66.7 Å². The maximum Gasteiger partial charge on any atom is 0.0313 e. The average Bonchev–Trinajstić information content (AvgIpc) is 2.76. The van der Waals surface area contributed by atoms with Gasteiger partial charge in [0.25, 0.3) is 0 Å². The summed E-state index contributed by atoms with van der Waals surface area (Å²) in [5.41, 5.74) is 12.8. The van der Waals surface area contributed by atoms with Crippen LogP contribution in [-0.4, -0.2) is 0 Å². The van der Waals surface area contributed by atoms with Gasteiger partial charge in [0.1, 0.15) is 0 Å². The molecule has 4 rings (SSSR count). The first kappa shape index (κ1) is 22.7. The van der Waals surface area contributed by atoms with Gasteiger partial charge in [0.2, 0.25) is 0 Å². The van der Waals surface area contributed by atoms with Crippen molar-refractivity contribution in [2.24, 2.45) is 0 Å². The van der Waals surface area contributed by atoms with Crippen molar-refractivity contribution in [1.29, 1.82) is 0 Å². The second kappa shape index (κ2) is 12.8. The van der Waals surface area contributed by atoms with Crippen molar-refractivity contribution >= 4 is 11.8 Å². The number of hydrogen-bond donors (Lipinski definition) is 1. The second-order valence-electron chi connectivity index (χ2n) is 7.18. The van der Waals surface area contributed by atoms with E-state index in [4.69, 9.17) is 5.73 Å². The van der Waals surface area contributed by atoms with Gasteiger partial charge in [0.15, 0.2) is 0 Å². The third-order valence-corrected chi connectivity index (χ3v) is 4.41. The Hall–Kier alpha value is -3.58. The van der Waals surface area contributed by atoms with Crippen LogP contribution >= 0.6 is 0 Å². The smallest absolute Gasteiger partial charge is 0.0313 e. The molecule has 152 valence electrons. The molecule has 0 saturated heterocycles. The predicted octanol–water partition coefficient (Wildman–Crippen LogP) is 7.49. The highest BCUT2D eigenvalue weighted by molar-refractivity contribution is 5.45. The van der Waals surface area contributed by atoms with Crippen LogP contribution in [0.5, 0.6) is 0 Å². The lowest BCUT2D eigenvalue weighted by molar-refractivity contribution is 1.17. The Balaban J connectivity index is 0.000000179. The second-order valence-corrected chi connectivity index (χ2v) is 7.18. The van der Waals surface area contributed by atoms with Crippen LogP contribution in [0.25, 0.3) is 6.08 Å². The molecule has 0 saturated carbocycles. The zero-order valence-corrected chi connectivity index (χ0v) is 18.0. The van der Waals surface area contributed by atoms with E-state index in [9.17, 15) is 0 Å². The molecule has 0 aromatic heterocycles. The van der Waals surface area contributed by atoms with Gasteiger partial charge in [-0.25, -0.2) is 0 Å². The van der Waals surface area contributed by atoms with E-state index < -0.39 is 0 Å². The van der Waals surface area contributed by atoms with Gasteiger partial charge in [-0.15, -0.1) is 0 Å². The molecule has 1 heteroatoms. The van der Waals surface area contributed by atoms with Gasteiger partial charge in [-0.1, -0.05) is 121 Å². The summed E-state index contributed by atoms with van der Waals surface area (Å²) in [6, 6.07) is 36.9. The first-order valence-electron chi connectivity index (χ1n) is 10.2. The zero-order valence-electron chi connectivity index (χ0n) is 18.0. The van der Waals surface area contributed by atoms with Crippen LogP contribution in [0.4, 0.5) is 5.69 Å². The molecule has 0 aliphatic carbocycles. The van der Waals surface area contributed by atoms with E-state index in [1.54, 1.807) is 0 Å². The van der Waals surface area contributed by atoms with Crippen molar-refractivity contribution in [1.82, 2.24) is 0 Å². The zero-order chi connectivity index (χ0) is 21.6. The van der Waals surface area contributed by atoms with E-state index >= 15 is 0 Å². The fourth-order valence-corrected chi connectivity index (χ4v) is 2.92. The fourth-order valence-electron chi connectivity index (χ4n) is 2.92. The van der Waals surface area contributed by atoms with Crippen molar-refractivity contribution in [3.05, 3.63) is 144 Å². The van der Waals surface area contributed by atoms with Crippen LogP contribution in [0.15, 0.2) is 116 Å². The van der Waals surface area contributed by atoms with Gasteiger partial charge >= 0.3 is 0 Å². The number of para-hydroxylation sites is 1. The average molecular weight is 394 g/mol. The molecule has 0 fully saturated rings. The van der Waals surface area contributed by atoms with Gasteiger partial charge in [-0.3, -0.25) is 0 Å². The Morgan fingerprint density at radius 2 is 1.10 bits per heavy atom. The molecule has 0 aliphatic rings. The predicted molar refractivity (Wildman–Crippen MR) is 133 cm³/mol. The molecular formula is C29H31N. The molecule has 4 aromatic carbocycles. The molecule has 1 nitrogen and oxygen atoms in total. The van der Waals surface area contributed by atoms with Crippen LogP contribution in [-0.2, 0) is 6.42 Å². The topological polar surface area (TPSA) is 26.0 Å². The summed E-state index contributed by atoms with van der Waals surface area (Å²) in [6.07, 6.45) is 2.86. The van der Waals surface area contributed by atoms with Gasteiger partial charge in [0.05, 0.1) is 0 Å². The summed E-state index contributed by atoms with van der Waals surface area (Å²) in [7, 11) is 0. The van der Waals surface area contributed by atoms with Crippen LogP contribution in [0.3, 0.4) is 0 Å². The molecular weight excluding hydrogens is 362 g/mol. The van der Waals surface area contributed by atoms with Crippen molar-refractivity contribution in [3.63, 3.8) is 0 Å². The molecule has 0 unspecified atom stereocenters. The normalized spacial score (nSPS) is 9.40. The molecule has 30 heavy (non-hydrogen) atoms. The van der Waals surface area contributed by atoms with E-state index in [-0.39, 0.29) is 0 Å². The fraction of sp³-hybridized carbons (Fsp3) is 0.103. The molecule has 0 amide bonds. The van der Waals surface area contributed by atoms with E-state index in [2.05, 4.69) is 69.0 Å². The minimum Gasteiger partial charge on any atom is -0.399 e. The largest absolute Gasteiger partial charge is 0.399 e. The third-order valence-electron chi connectivity index (χ3n) is 4.41. The summed E-state index contributed by atoms with van der Waals surface area (Å²) in [6.45, 7) is 7.91. The van der Waals surface area contributed by atoms with E-state index in [0.29, 0.717) is 0 Å². The highest BCUT2D eigenvalue weighted by Gasteiger charge is 1.96. The van der Waals surface area contributed by atoms with Gasteiger partial charge in [0, 0.05) is 5.69 Å². The van der Waals surface area contributed by atoms with E-state index in [1.165, 1.54) is 27.8 Å². The Morgan fingerprint density at radius 3 is 1.43 bits per heavy atom. The maximum absolute atomic E-state index is 5.36. The molecule has 0 heterocycles. The minimum absolute atomic E-state index is 0.822. The van der Waals surface area contributed by atoms with E-state index in [0.717, 1.165) is 12.1 Å². The summed E-state index contributed by atoms with van der Waals surface area (Å²) >= 11 is 0. The third kappa shape index (κ3) is 9.07. The monoisotopic (exact) mass is 393 g/mol. The number of rotatable bonds is 3. The molecule has 0 radical (unpaired) electrons. The quantitative estimate of drug-likeness (QED) is 0.358. The number of nitrogen functional groups attached to an aromatic ring is 1. The lowest BCUT2D eigenvalue weighted by atomic mass is 10.0. The Morgan fingerprint density at radius 1 is 0.633 bits per heavy atom. The first-order chi connectivity index (χ1) is 14.6. The number of aryl methyl sites for hydroxylation is 2. The van der Waals surface area contributed by atoms with Crippen LogP contribution in [0.2, 0.25) is 0 Å². The summed E-state index contributed by atoms with van der Waals surface area (Å²) in [5.74, 6) is 0. The van der Waals surface area contributed by atoms with Crippen molar-refractivity contribution < 1.29 is 0 Å². The van der Waals surface area contributed by atoms with Crippen LogP contribution in [0.1, 0.15) is 27.8 Å². The van der Waals surface area contributed by atoms with Gasteiger partial charge in [-0.05, 0) is 49.1 Å². The number of anilines is 1. The van der Waals surface area contributed by atoms with Crippen LogP contribution in [0, 0.1) is 13.8 Å². The van der Waals surface area contributed by atoms with Gasteiger partial charge in [-0.2, -0.15) is 0 Å². The number of hydrogen-bond acceptors (Lipinski definition) is 1. The summed E-state index contributed by atoms with van der Waals surface area (Å²) < 4.78 is 0. The lowest BCUT2D eigenvalue weighted by Crippen LogP contribution is -1.89. The standard InChI is InChI=1S/C15H16.C8H8.C6H7N/c1-12-5-3-7-14(9-12)11-15-8-4-6-13(2)10-15;1-2-8-6-4-3-5-7-8;7-6-4-2-1-3-5-6/h3-10H,11H2,1-2H3;2-7H,1H2;1-5H,7H2.